The van der Waals surface area contributed by atoms with Gasteiger partial charge in [0.25, 0.3) is 5.91 Å². The fraction of sp³-hybridized carbons (Fsp3) is 0.389. The van der Waals surface area contributed by atoms with E-state index in [-0.39, 0.29) is 5.91 Å². The minimum Gasteiger partial charge on any atom is -0.356 e. The van der Waals surface area contributed by atoms with Crippen molar-refractivity contribution < 1.29 is 4.79 Å². The number of amides is 1. The summed E-state index contributed by atoms with van der Waals surface area (Å²) in [6.07, 6.45) is 6.25. The molecule has 0 radical (unpaired) electrons. The van der Waals surface area contributed by atoms with Gasteiger partial charge in [-0.15, -0.1) is 0 Å². The molecule has 124 valence electrons. The average Bonchev–Trinajstić information content (AvgIpc) is 3.24. The molecule has 0 aromatic carbocycles. The van der Waals surface area contributed by atoms with Gasteiger partial charge in [0, 0.05) is 44.8 Å². The minimum absolute atomic E-state index is 0.0195. The molecule has 0 unspecified atom stereocenters. The molecule has 1 amide bonds. The summed E-state index contributed by atoms with van der Waals surface area (Å²) in [5.41, 5.74) is 2.18. The number of nitrogens with one attached hydrogen (secondary N) is 1. The number of aromatic amines is 1. The molecule has 6 nitrogen and oxygen atoms in total. The Morgan fingerprint density at radius 3 is 3.17 bits per heavy atom. The van der Waals surface area contributed by atoms with Crippen molar-refractivity contribution in [3.8, 4) is 6.07 Å². The third-order valence-corrected chi connectivity index (χ3v) is 4.36. The van der Waals surface area contributed by atoms with E-state index < -0.39 is 0 Å². The van der Waals surface area contributed by atoms with Crippen LogP contribution in [0.15, 0.2) is 36.8 Å². The molecule has 2 aromatic rings. The maximum Gasteiger partial charge on any atom is 0.270 e. The standard InChI is InChI=1S/C18H21N5O/c1-22(11-14-3-2-5-20-9-14)12-15-4-6-23(13-15)18(24)17-7-16(8-19)10-21-17/h2-3,5,7,9-10,15,21H,4,6,11-13H2,1H3/t15-/m0/s1. The highest BCUT2D eigenvalue weighted by Gasteiger charge is 2.28. The van der Waals surface area contributed by atoms with Gasteiger partial charge in [-0.3, -0.25) is 9.78 Å². The van der Waals surface area contributed by atoms with Crippen molar-refractivity contribution in [2.24, 2.45) is 5.92 Å². The Labute approximate surface area is 141 Å². The zero-order chi connectivity index (χ0) is 16.9. The lowest BCUT2D eigenvalue weighted by atomic mass is 10.1. The van der Waals surface area contributed by atoms with Crippen molar-refractivity contribution in [2.45, 2.75) is 13.0 Å². The highest BCUT2D eigenvalue weighted by atomic mass is 16.2. The zero-order valence-corrected chi connectivity index (χ0v) is 13.8. The fourth-order valence-electron chi connectivity index (χ4n) is 3.23. The summed E-state index contributed by atoms with van der Waals surface area (Å²) in [5.74, 6) is 0.454. The predicted octanol–water partition coefficient (Wildman–Crippen LogP) is 1.88. The highest BCUT2D eigenvalue weighted by molar-refractivity contribution is 5.93. The van der Waals surface area contributed by atoms with E-state index in [1.807, 2.05) is 23.2 Å². The van der Waals surface area contributed by atoms with Crippen LogP contribution in [0.5, 0.6) is 0 Å². The lowest BCUT2D eigenvalue weighted by Crippen LogP contribution is -2.31. The van der Waals surface area contributed by atoms with Crippen molar-refractivity contribution in [1.82, 2.24) is 19.8 Å². The maximum absolute atomic E-state index is 12.5. The van der Waals surface area contributed by atoms with Gasteiger partial charge in [-0.25, -0.2) is 0 Å². The van der Waals surface area contributed by atoms with Crippen molar-refractivity contribution in [3.63, 3.8) is 0 Å². The second-order valence-electron chi connectivity index (χ2n) is 6.38. The molecule has 2 aromatic heterocycles. The summed E-state index contributed by atoms with van der Waals surface area (Å²) in [4.78, 5) is 23.6. The van der Waals surface area contributed by atoms with E-state index in [0.29, 0.717) is 17.2 Å². The lowest BCUT2D eigenvalue weighted by molar-refractivity contribution is 0.0779. The van der Waals surface area contributed by atoms with E-state index in [1.165, 1.54) is 5.56 Å². The molecule has 24 heavy (non-hydrogen) atoms. The van der Waals surface area contributed by atoms with Crippen LogP contribution in [0.1, 0.15) is 28.0 Å². The van der Waals surface area contributed by atoms with Gasteiger partial charge in [0.2, 0.25) is 0 Å². The summed E-state index contributed by atoms with van der Waals surface area (Å²) < 4.78 is 0. The zero-order valence-electron chi connectivity index (χ0n) is 13.8. The predicted molar refractivity (Wildman–Crippen MR) is 90.1 cm³/mol. The first-order valence-corrected chi connectivity index (χ1v) is 8.11. The van der Waals surface area contributed by atoms with Gasteiger partial charge in [-0.05, 0) is 37.1 Å². The minimum atomic E-state index is -0.0195. The molecule has 3 heterocycles. The third kappa shape index (κ3) is 3.81. The molecule has 0 saturated carbocycles. The van der Waals surface area contributed by atoms with E-state index in [9.17, 15) is 4.79 Å². The summed E-state index contributed by atoms with van der Waals surface area (Å²) in [5, 5.41) is 8.86. The second kappa shape index (κ2) is 7.28. The molecule has 1 saturated heterocycles. The normalized spacial score (nSPS) is 17.2. The topological polar surface area (TPSA) is 76.0 Å². The number of nitrogens with zero attached hydrogens (tertiary/aromatic N) is 4. The first-order chi connectivity index (χ1) is 11.7. The number of H-pyrrole nitrogens is 1. The smallest absolute Gasteiger partial charge is 0.270 e. The molecule has 1 atom stereocenters. The Bertz CT molecular complexity index is 733. The Morgan fingerprint density at radius 2 is 2.46 bits per heavy atom. The van der Waals surface area contributed by atoms with Crippen LogP contribution in [0.4, 0.5) is 0 Å². The number of rotatable bonds is 5. The van der Waals surface area contributed by atoms with Crippen molar-refractivity contribution >= 4 is 5.91 Å². The van der Waals surface area contributed by atoms with Crippen LogP contribution >= 0.6 is 0 Å². The molecular formula is C18H21N5O. The SMILES string of the molecule is CN(Cc1cccnc1)C[C@@H]1CCN(C(=O)c2cc(C#N)c[nH]2)C1. The second-order valence-corrected chi connectivity index (χ2v) is 6.38. The molecule has 0 aliphatic carbocycles. The molecule has 3 rings (SSSR count). The Kier molecular flexibility index (Phi) is 4.92. The molecule has 1 aliphatic rings. The van der Waals surface area contributed by atoms with Crippen molar-refractivity contribution in [2.75, 3.05) is 26.7 Å². The van der Waals surface area contributed by atoms with Gasteiger partial charge in [-0.2, -0.15) is 5.26 Å². The van der Waals surface area contributed by atoms with Crippen LogP contribution in [0, 0.1) is 17.2 Å². The first-order valence-electron chi connectivity index (χ1n) is 8.11. The number of aromatic nitrogens is 2. The fourth-order valence-corrected chi connectivity index (χ4v) is 3.23. The molecule has 6 heteroatoms. The molecule has 0 bridgehead atoms. The van der Waals surface area contributed by atoms with E-state index in [0.717, 1.165) is 32.6 Å². The highest BCUT2D eigenvalue weighted by Crippen LogP contribution is 2.20. The molecular weight excluding hydrogens is 302 g/mol. The molecule has 1 aliphatic heterocycles. The van der Waals surface area contributed by atoms with Crippen LogP contribution in [-0.4, -0.2) is 52.4 Å². The van der Waals surface area contributed by atoms with Crippen LogP contribution in [0.3, 0.4) is 0 Å². The van der Waals surface area contributed by atoms with Crippen LogP contribution in [0.25, 0.3) is 0 Å². The van der Waals surface area contributed by atoms with Gasteiger partial charge < -0.3 is 14.8 Å². The van der Waals surface area contributed by atoms with Gasteiger partial charge >= 0.3 is 0 Å². The molecule has 1 fully saturated rings. The van der Waals surface area contributed by atoms with Crippen LogP contribution in [-0.2, 0) is 6.54 Å². The Morgan fingerprint density at radius 1 is 1.58 bits per heavy atom. The summed E-state index contributed by atoms with van der Waals surface area (Å²) in [7, 11) is 2.10. The summed E-state index contributed by atoms with van der Waals surface area (Å²) >= 11 is 0. The average molecular weight is 323 g/mol. The van der Waals surface area contributed by atoms with E-state index in [1.54, 1.807) is 18.5 Å². The third-order valence-electron chi connectivity index (χ3n) is 4.36. The Balaban J connectivity index is 1.51. The number of hydrogen-bond donors (Lipinski definition) is 1. The summed E-state index contributed by atoms with van der Waals surface area (Å²) in [6, 6.07) is 7.68. The number of pyridine rings is 1. The van der Waals surface area contributed by atoms with Crippen LogP contribution in [0.2, 0.25) is 0 Å². The molecule has 0 spiro atoms. The number of carbonyl (C=O) groups excluding carboxylic acids is 1. The number of carbonyl (C=O) groups is 1. The van der Waals surface area contributed by atoms with Crippen molar-refractivity contribution in [3.05, 3.63) is 53.6 Å². The van der Waals surface area contributed by atoms with Gasteiger partial charge in [-0.1, -0.05) is 6.07 Å². The van der Waals surface area contributed by atoms with Crippen molar-refractivity contribution in [1.29, 1.82) is 5.26 Å². The monoisotopic (exact) mass is 323 g/mol. The lowest BCUT2D eigenvalue weighted by Gasteiger charge is -2.21. The maximum atomic E-state index is 12.5. The first kappa shape index (κ1) is 16.2. The van der Waals surface area contributed by atoms with Gasteiger partial charge in [0.15, 0.2) is 0 Å². The summed E-state index contributed by atoms with van der Waals surface area (Å²) in [6.45, 7) is 3.34. The van der Waals surface area contributed by atoms with E-state index in [4.69, 9.17) is 5.26 Å². The quantitative estimate of drug-likeness (QED) is 0.911. The van der Waals surface area contributed by atoms with Crippen LogP contribution < -0.4 is 0 Å². The molecule has 1 N–H and O–H groups in total. The van der Waals surface area contributed by atoms with Gasteiger partial charge in [0.05, 0.1) is 5.56 Å². The van der Waals surface area contributed by atoms with Gasteiger partial charge in [0.1, 0.15) is 11.8 Å². The number of likely N-dealkylation sites (tertiary alicyclic amines) is 1. The number of nitriles is 1. The van der Waals surface area contributed by atoms with E-state index >= 15 is 0 Å². The van der Waals surface area contributed by atoms with E-state index in [2.05, 4.69) is 28.0 Å². The number of hydrogen-bond acceptors (Lipinski definition) is 4. The largest absolute Gasteiger partial charge is 0.356 e. The Hall–Kier alpha value is -2.65.